The number of ether oxygens (including phenoxy) is 1. The molecule has 1 saturated heterocycles. The third-order valence-corrected chi connectivity index (χ3v) is 4.27. The lowest BCUT2D eigenvalue weighted by Gasteiger charge is -2.14. The van der Waals surface area contributed by atoms with E-state index in [0.717, 1.165) is 30.5 Å². The molecular weight excluding hydrogens is 326 g/mol. The van der Waals surface area contributed by atoms with Crippen LogP contribution in [-0.2, 0) is 23.0 Å². The molecular formula is C16H21N5O2S. The van der Waals surface area contributed by atoms with Gasteiger partial charge >= 0.3 is 0 Å². The molecule has 2 aromatic rings. The summed E-state index contributed by atoms with van der Waals surface area (Å²) < 4.78 is 7.42. The first kappa shape index (κ1) is 16.7. The summed E-state index contributed by atoms with van der Waals surface area (Å²) in [5.74, 6) is 0.503. The third kappa shape index (κ3) is 4.01. The Labute approximate surface area is 145 Å². The van der Waals surface area contributed by atoms with Crippen molar-refractivity contribution in [3.63, 3.8) is 0 Å². The molecule has 24 heavy (non-hydrogen) atoms. The second-order valence-corrected chi connectivity index (χ2v) is 6.18. The van der Waals surface area contributed by atoms with Crippen molar-refractivity contribution in [3.8, 4) is 0 Å². The van der Waals surface area contributed by atoms with E-state index in [1.54, 1.807) is 0 Å². The van der Waals surface area contributed by atoms with E-state index in [1.807, 2.05) is 35.9 Å². The van der Waals surface area contributed by atoms with Crippen molar-refractivity contribution in [1.29, 1.82) is 0 Å². The summed E-state index contributed by atoms with van der Waals surface area (Å²) in [7, 11) is 1.90. The maximum Gasteiger partial charge on any atom is 0.245 e. The normalized spacial score (nSPS) is 17.0. The summed E-state index contributed by atoms with van der Waals surface area (Å²) in [6, 6.07) is 7.79. The van der Waals surface area contributed by atoms with Crippen LogP contribution in [0.15, 0.2) is 24.3 Å². The minimum atomic E-state index is -0.199. The van der Waals surface area contributed by atoms with Gasteiger partial charge < -0.3 is 14.6 Å². The van der Waals surface area contributed by atoms with Crippen LogP contribution < -0.4 is 16.2 Å². The number of nitrogens with one attached hydrogen (secondary N) is 3. The van der Waals surface area contributed by atoms with Crippen LogP contribution in [-0.4, -0.2) is 39.8 Å². The van der Waals surface area contributed by atoms with Crippen molar-refractivity contribution in [2.75, 3.05) is 13.2 Å². The molecule has 1 aliphatic rings. The lowest BCUT2D eigenvalue weighted by Crippen LogP contribution is -2.48. The summed E-state index contributed by atoms with van der Waals surface area (Å²) >= 11 is 5.14. The number of hydrogen-bond donors (Lipinski definition) is 3. The monoisotopic (exact) mass is 347 g/mol. The lowest BCUT2D eigenvalue weighted by atomic mass is 10.2. The van der Waals surface area contributed by atoms with Crippen LogP contribution in [0.25, 0.3) is 11.0 Å². The zero-order chi connectivity index (χ0) is 16.9. The van der Waals surface area contributed by atoms with Crippen molar-refractivity contribution < 1.29 is 9.53 Å². The van der Waals surface area contributed by atoms with Crippen molar-refractivity contribution in [3.05, 3.63) is 30.1 Å². The molecule has 0 unspecified atom stereocenters. The number of aromatic nitrogens is 2. The van der Waals surface area contributed by atoms with Gasteiger partial charge in [0.25, 0.3) is 0 Å². The van der Waals surface area contributed by atoms with Gasteiger partial charge in [-0.2, -0.15) is 0 Å². The number of amides is 1. The van der Waals surface area contributed by atoms with Gasteiger partial charge in [-0.1, -0.05) is 12.1 Å². The van der Waals surface area contributed by atoms with Gasteiger partial charge in [0.2, 0.25) is 5.91 Å². The van der Waals surface area contributed by atoms with Crippen LogP contribution in [0, 0.1) is 0 Å². The minimum Gasteiger partial charge on any atom is -0.376 e. The molecule has 0 radical (unpaired) electrons. The lowest BCUT2D eigenvalue weighted by molar-refractivity contribution is -0.121. The predicted octanol–water partition coefficient (Wildman–Crippen LogP) is 0.790. The standard InChI is InChI=1S/C16H21N5O2S/c1-21-13-7-3-2-6-12(13)18-14(21)9-15(22)19-20-16(24)17-10-11-5-4-8-23-11/h2-3,6-7,11H,4-5,8-10H2,1H3,(H,19,22)(H2,17,20,24)/t11-/m1/s1. The second-order valence-electron chi connectivity index (χ2n) is 5.77. The summed E-state index contributed by atoms with van der Waals surface area (Å²) in [6.07, 6.45) is 2.49. The van der Waals surface area contributed by atoms with Crippen LogP contribution in [0.5, 0.6) is 0 Å². The highest BCUT2D eigenvalue weighted by molar-refractivity contribution is 7.80. The maximum atomic E-state index is 12.1. The van der Waals surface area contributed by atoms with Gasteiger partial charge in [-0.3, -0.25) is 15.6 Å². The number of carbonyl (C=O) groups is 1. The molecule has 3 N–H and O–H groups in total. The average Bonchev–Trinajstić information content (AvgIpc) is 3.20. The molecule has 3 rings (SSSR count). The van der Waals surface area contributed by atoms with Crippen LogP contribution in [0.2, 0.25) is 0 Å². The Morgan fingerprint density at radius 1 is 1.42 bits per heavy atom. The highest BCUT2D eigenvalue weighted by atomic mass is 32.1. The van der Waals surface area contributed by atoms with Gasteiger partial charge in [0.05, 0.1) is 23.6 Å². The molecule has 128 valence electrons. The van der Waals surface area contributed by atoms with Gasteiger partial charge in [-0.15, -0.1) is 0 Å². The summed E-state index contributed by atoms with van der Waals surface area (Å²) in [5.41, 5.74) is 7.18. The van der Waals surface area contributed by atoms with Crippen molar-refractivity contribution in [2.45, 2.75) is 25.4 Å². The van der Waals surface area contributed by atoms with Crippen LogP contribution >= 0.6 is 12.2 Å². The molecule has 2 heterocycles. The number of fused-ring (bicyclic) bond motifs is 1. The Bertz CT molecular complexity index is 739. The molecule has 0 spiro atoms. The van der Waals surface area contributed by atoms with Gasteiger partial charge in [0.1, 0.15) is 5.82 Å². The number of benzene rings is 1. The largest absolute Gasteiger partial charge is 0.376 e. The van der Waals surface area contributed by atoms with E-state index >= 15 is 0 Å². The fourth-order valence-electron chi connectivity index (χ4n) is 2.72. The number of carbonyl (C=O) groups excluding carboxylic acids is 1. The SMILES string of the molecule is Cn1c(CC(=O)NNC(=S)NC[C@H]2CCCO2)nc2ccccc21. The molecule has 0 saturated carbocycles. The molecule has 1 atom stereocenters. The Balaban J connectivity index is 1.46. The van der Waals surface area contributed by atoms with Crippen molar-refractivity contribution in [2.24, 2.45) is 7.05 Å². The molecule has 1 amide bonds. The highest BCUT2D eigenvalue weighted by Crippen LogP contribution is 2.14. The topological polar surface area (TPSA) is 80.2 Å². The van der Waals surface area contributed by atoms with Gasteiger partial charge in [-0.05, 0) is 37.2 Å². The molecule has 0 aliphatic carbocycles. The van der Waals surface area contributed by atoms with E-state index in [2.05, 4.69) is 21.2 Å². The Hall–Kier alpha value is -2.19. The smallest absolute Gasteiger partial charge is 0.245 e. The molecule has 1 fully saturated rings. The second kappa shape index (κ2) is 7.59. The first-order valence-electron chi connectivity index (χ1n) is 7.98. The predicted molar refractivity (Wildman–Crippen MR) is 95.3 cm³/mol. The quantitative estimate of drug-likeness (QED) is 0.561. The van der Waals surface area contributed by atoms with Crippen molar-refractivity contribution >= 4 is 34.3 Å². The van der Waals surface area contributed by atoms with E-state index in [4.69, 9.17) is 17.0 Å². The highest BCUT2D eigenvalue weighted by Gasteiger charge is 2.15. The van der Waals surface area contributed by atoms with E-state index in [-0.39, 0.29) is 18.4 Å². The minimum absolute atomic E-state index is 0.173. The average molecular weight is 347 g/mol. The Morgan fingerprint density at radius 3 is 3.00 bits per heavy atom. The zero-order valence-corrected chi connectivity index (χ0v) is 14.4. The third-order valence-electron chi connectivity index (χ3n) is 4.03. The molecule has 1 aromatic carbocycles. The van der Waals surface area contributed by atoms with E-state index in [0.29, 0.717) is 17.5 Å². The van der Waals surface area contributed by atoms with Gasteiger partial charge in [-0.25, -0.2) is 4.98 Å². The van der Waals surface area contributed by atoms with Gasteiger partial charge in [0.15, 0.2) is 5.11 Å². The fourth-order valence-corrected chi connectivity index (χ4v) is 2.86. The first-order chi connectivity index (χ1) is 11.6. The molecule has 7 nitrogen and oxygen atoms in total. The molecule has 1 aliphatic heterocycles. The fraction of sp³-hybridized carbons (Fsp3) is 0.438. The number of para-hydroxylation sites is 2. The van der Waals surface area contributed by atoms with E-state index < -0.39 is 0 Å². The van der Waals surface area contributed by atoms with E-state index in [1.165, 1.54) is 0 Å². The summed E-state index contributed by atoms with van der Waals surface area (Å²) in [4.78, 5) is 16.5. The number of imidazole rings is 1. The zero-order valence-electron chi connectivity index (χ0n) is 13.5. The van der Waals surface area contributed by atoms with Gasteiger partial charge in [0, 0.05) is 20.2 Å². The van der Waals surface area contributed by atoms with Crippen LogP contribution in [0.1, 0.15) is 18.7 Å². The number of aryl methyl sites for hydroxylation is 1. The number of nitrogens with zero attached hydrogens (tertiary/aromatic N) is 2. The summed E-state index contributed by atoms with van der Waals surface area (Å²) in [5, 5.41) is 3.42. The number of thiocarbonyl (C=S) groups is 1. The van der Waals surface area contributed by atoms with E-state index in [9.17, 15) is 4.79 Å². The van der Waals surface area contributed by atoms with Crippen LogP contribution in [0.3, 0.4) is 0 Å². The molecule has 8 heteroatoms. The Morgan fingerprint density at radius 2 is 2.25 bits per heavy atom. The van der Waals surface area contributed by atoms with Crippen LogP contribution in [0.4, 0.5) is 0 Å². The molecule has 0 bridgehead atoms. The maximum absolute atomic E-state index is 12.1. The number of hydrazine groups is 1. The first-order valence-corrected chi connectivity index (χ1v) is 8.39. The van der Waals surface area contributed by atoms with Crippen molar-refractivity contribution in [1.82, 2.24) is 25.7 Å². The summed E-state index contributed by atoms with van der Waals surface area (Å²) in [6.45, 7) is 1.45. The number of rotatable bonds is 4. The number of hydrogen-bond acceptors (Lipinski definition) is 4. The molecule has 1 aromatic heterocycles. The Kier molecular flexibility index (Phi) is 5.27.